The highest BCUT2D eigenvalue weighted by atomic mass is 32.2. The van der Waals surface area contributed by atoms with Gasteiger partial charge in [0.2, 0.25) is 10.0 Å². The SMILES string of the molecule is O=S(=O)(NC1CCC1)c1ccc(F)cc1C#CCCO. The normalized spacial score (nSPS) is 15.3. The number of aliphatic hydroxyl groups is 1. The van der Waals surface area contributed by atoms with E-state index in [0.29, 0.717) is 0 Å². The largest absolute Gasteiger partial charge is 0.395 e. The van der Waals surface area contributed by atoms with Crippen molar-refractivity contribution in [3.63, 3.8) is 0 Å². The quantitative estimate of drug-likeness (QED) is 0.825. The first kappa shape index (κ1) is 15.0. The van der Waals surface area contributed by atoms with Crippen LogP contribution in [0.25, 0.3) is 0 Å². The Bertz CT molecular complexity index is 642. The second-order valence-corrected chi connectivity index (χ2v) is 6.35. The summed E-state index contributed by atoms with van der Waals surface area (Å²) in [6, 6.07) is 3.38. The van der Waals surface area contributed by atoms with Gasteiger partial charge in [0.05, 0.1) is 11.5 Å². The maximum Gasteiger partial charge on any atom is 0.242 e. The van der Waals surface area contributed by atoms with E-state index in [-0.39, 0.29) is 29.5 Å². The summed E-state index contributed by atoms with van der Waals surface area (Å²) in [4.78, 5) is -0.0174. The van der Waals surface area contributed by atoms with Crippen LogP contribution in [0.1, 0.15) is 31.2 Å². The zero-order valence-electron chi connectivity index (χ0n) is 10.9. The van der Waals surface area contributed by atoms with Gasteiger partial charge >= 0.3 is 0 Å². The summed E-state index contributed by atoms with van der Waals surface area (Å²) >= 11 is 0. The topological polar surface area (TPSA) is 66.4 Å². The van der Waals surface area contributed by atoms with Crippen LogP contribution in [0.3, 0.4) is 0 Å². The third kappa shape index (κ3) is 3.57. The lowest BCUT2D eigenvalue weighted by Gasteiger charge is -2.26. The average Bonchev–Trinajstić information content (AvgIpc) is 2.34. The fraction of sp³-hybridized carbons (Fsp3) is 0.429. The maximum atomic E-state index is 13.3. The molecule has 1 fully saturated rings. The van der Waals surface area contributed by atoms with Gasteiger partial charge < -0.3 is 5.11 Å². The summed E-state index contributed by atoms with van der Waals surface area (Å²) in [6.07, 6.45) is 2.88. The highest BCUT2D eigenvalue weighted by molar-refractivity contribution is 7.89. The Morgan fingerprint density at radius 2 is 2.15 bits per heavy atom. The first-order chi connectivity index (χ1) is 9.53. The van der Waals surface area contributed by atoms with Gasteiger partial charge in [-0.2, -0.15) is 0 Å². The van der Waals surface area contributed by atoms with Crippen molar-refractivity contribution in [2.75, 3.05) is 6.61 Å². The molecule has 1 aliphatic carbocycles. The Morgan fingerprint density at radius 3 is 2.75 bits per heavy atom. The Balaban J connectivity index is 2.32. The highest BCUT2D eigenvalue weighted by Gasteiger charge is 2.26. The summed E-state index contributed by atoms with van der Waals surface area (Å²) in [6.45, 7) is -0.120. The van der Waals surface area contributed by atoms with Crippen molar-refractivity contribution in [2.24, 2.45) is 0 Å². The molecule has 0 saturated heterocycles. The lowest BCUT2D eigenvalue weighted by Crippen LogP contribution is -2.39. The fourth-order valence-electron chi connectivity index (χ4n) is 1.86. The molecular weight excluding hydrogens is 281 g/mol. The average molecular weight is 297 g/mol. The van der Waals surface area contributed by atoms with E-state index >= 15 is 0 Å². The number of rotatable bonds is 4. The van der Waals surface area contributed by atoms with Gasteiger partial charge in [-0.15, -0.1) is 0 Å². The van der Waals surface area contributed by atoms with Crippen LogP contribution in [0.5, 0.6) is 0 Å². The number of halogens is 1. The predicted molar refractivity (Wildman–Crippen MR) is 72.9 cm³/mol. The van der Waals surface area contributed by atoms with E-state index in [2.05, 4.69) is 16.6 Å². The minimum atomic E-state index is -3.69. The molecule has 0 aromatic heterocycles. The van der Waals surface area contributed by atoms with Gasteiger partial charge in [0.1, 0.15) is 5.82 Å². The molecule has 6 heteroatoms. The zero-order valence-corrected chi connectivity index (χ0v) is 11.7. The number of hydrogen-bond acceptors (Lipinski definition) is 3. The van der Waals surface area contributed by atoms with Crippen LogP contribution in [0.15, 0.2) is 23.1 Å². The van der Waals surface area contributed by atoms with Crippen molar-refractivity contribution in [3.8, 4) is 11.8 Å². The molecule has 1 aliphatic rings. The molecule has 1 aromatic carbocycles. The molecule has 0 amide bonds. The van der Waals surface area contributed by atoms with Gasteiger partial charge in [0, 0.05) is 18.0 Å². The number of hydrogen-bond donors (Lipinski definition) is 2. The second-order valence-electron chi connectivity index (χ2n) is 4.66. The molecule has 4 nitrogen and oxygen atoms in total. The molecule has 0 unspecified atom stereocenters. The van der Waals surface area contributed by atoms with Crippen LogP contribution in [0.4, 0.5) is 4.39 Å². The standard InChI is InChI=1S/C14H16FNO3S/c15-12-7-8-14(11(10-12)4-1-2-9-17)20(18,19)16-13-5-3-6-13/h7-8,10,13,16-17H,2-3,5-6,9H2. The van der Waals surface area contributed by atoms with Gasteiger partial charge in [-0.05, 0) is 31.0 Å². The van der Waals surface area contributed by atoms with E-state index in [1.807, 2.05) is 0 Å². The lowest BCUT2D eigenvalue weighted by molar-refractivity contribution is 0.305. The minimum absolute atomic E-state index is 0.0174. The van der Waals surface area contributed by atoms with E-state index in [0.717, 1.165) is 31.4 Å². The molecule has 2 N–H and O–H groups in total. The van der Waals surface area contributed by atoms with E-state index in [1.165, 1.54) is 6.07 Å². The molecule has 0 atom stereocenters. The van der Waals surface area contributed by atoms with Crippen LogP contribution in [0, 0.1) is 17.7 Å². The lowest BCUT2D eigenvalue weighted by atomic mass is 9.94. The predicted octanol–water partition coefficient (Wildman–Crippen LogP) is 1.39. The summed E-state index contributed by atoms with van der Waals surface area (Å²) in [5.41, 5.74) is 0.116. The molecule has 0 bridgehead atoms. The van der Waals surface area contributed by atoms with Gasteiger partial charge in [-0.25, -0.2) is 17.5 Å². The molecule has 0 aliphatic heterocycles. The van der Waals surface area contributed by atoms with E-state index in [9.17, 15) is 12.8 Å². The number of aliphatic hydroxyl groups excluding tert-OH is 1. The number of nitrogens with one attached hydrogen (secondary N) is 1. The summed E-state index contributed by atoms with van der Waals surface area (Å²) in [5.74, 6) is 4.67. The molecular formula is C14H16FNO3S. The Hall–Kier alpha value is -1.42. The molecule has 1 aromatic rings. The summed E-state index contributed by atoms with van der Waals surface area (Å²) in [5, 5.41) is 8.68. The van der Waals surface area contributed by atoms with Crippen molar-refractivity contribution in [3.05, 3.63) is 29.6 Å². The van der Waals surface area contributed by atoms with Gasteiger partial charge in [0.25, 0.3) is 0 Å². The van der Waals surface area contributed by atoms with Crippen molar-refractivity contribution >= 4 is 10.0 Å². The number of sulfonamides is 1. The monoisotopic (exact) mass is 297 g/mol. The van der Waals surface area contributed by atoms with Crippen molar-refractivity contribution in [2.45, 2.75) is 36.6 Å². The number of benzene rings is 1. The third-order valence-corrected chi connectivity index (χ3v) is 4.70. The molecule has 2 rings (SSSR count). The highest BCUT2D eigenvalue weighted by Crippen LogP contribution is 2.23. The van der Waals surface area contributed by atoms with Crippen molar-refractivity contribution in [1.29, 1.82) is 0 Å². The summed E-state index contributed by atoms with van der Waals surface area (Å²) < 4.78 is 40.3. The first-order valence-corrected chi connectivity index (χ1v) is 7.93. The molecule has 1 saturated carbocycles. The van der Waals surface area contributed by atoms with E-state index in [4.69, 9.17) is 5.11 Å². The summed E-state index contributed by atoms with van der Waals surface area (Å²) in [7, 11) is -3.69. The van der Waals surface area contributed by atoms with E-state index < -0.39 is 15.8 Å². The van der Waals surface area contributed by atoms with Crippen LogP contribution in [-0.2, 0) is 10.0 Å². The molecule has 0 spiro atoms. The van der Waals surface area contributed by atoms with Crippen LogP contribution < -0.4 is 4.72 Å². The third-order valence-electron chi connectivity index (χ3n) is 3.12. The second kappa shape index (κ2) is 6.35. The van der Waals surface area contributed by atoms with Gasteiger partial charge in [-0.1, -0.05) is 18.3 Å². The Labute approximate surface area is 118 Å². The zero-order chi connectivity index (χ0) is 14.6. The minimum Gasteiger partial charge on any atom is -0.395 e. The van der Waals surface area contributed by atoms with Gasteiger partial charge in [-0.3, -0.25) is 0 Å². The Kier molecular flexibility index (Phi) is 4.76. The first-order valence-electron chi connectivity index (χ1n) is 6.44. The molecule has 20 heavy (non-hydrogen) atoms. The molecule has 0 radical (unpaired) electrons. The smallest absolute Gasteiger partial charge is 0.242 e. The molecule has 0 heterocycles. The van der Waals surface area contributed by atoms with Gasteiger partial charge in [0.15, 0.2) is 0 Å². The maximum absolute atomic E-state index is 13.3. The van der Waals surface area contributed by atoms with Crippen LogP contribution >= 0.6 is 0 Å². The van der Waals surface area contributed by atoms with Crippen LogP contribution in [-0.4, -0.2) is 26.2 Å². The Morgan fingerprint density at radius 1 is 1.40 bits per heavy atom. The molecule has 108 valence electrons. The van der Waals surface area contributed by atoms with Crippen molar-refractivity contribution < 1.29 is 17.9 Å². The van der Waals surface area contributed by atoms with E-state index in [1.54, 1.807) is 0 Å². The fourth-order valence-corrected chi connectivity index (χ4v) is 3.31. The van der Waals surface area contributed by atoms with Crippen LogP contribution in [0.2, 0.25) is 0 Å². The van der Waals surface area contributed by atoms with Crippen molar-refractivity contribution in [1.82, 2.24) is 4.72 Å².